The predicted octanol–water partition coefficient (Wildman–Crippen LogP) is 3.54. The molecule has 3 aliphatic heterocycles. The van der Waals surface area contributed by atoms with Crippen LogP contribution in [0, 0.1) is 11.6 Å². The lowest BCUT2D eigenvalue weighted by atomic mass is 9.99. The number of ether oxygens (including phenoxy) is 1. The van der Waals surface area contributed by atoms with Crippen molar-refractivity contribution >= 4 is 29.2 Å². The van der Waals surface area contributed by atoms with Gasteiger partial charge in [0.05, 0.1) is 11.6 Å². The number of benzene rings is 1. The Kier molecular flexibility index (Phi) is 7.16. The highest BCUT2D eigenvalue weighted by molar-refractivity contribution is 6.35. The summed E-state index contributed by atoms with van der Waals surface area (Å²) in [6.45, 7) is 8.89. The number of fused-ring (bicyclic) bond motifs is 2. The summed E-state index contributed by atoms with van der Waals surface area (Å²) >= 11 is 6.76. The van der Waals surface area contributed by atoms with E-state index in [0.29, 0.717) is 13.1 Å². The van der Waals surface area contributed by atoms with E-state index < -0.39 is 34.5 Å². The molecule has 0 saturated carbocycles. The Bertz CT molecular complexity index is 1400. The van der Waals surface area contributed by atoms with E-state index in [1.165, 1.54) is 6.08 Å². The zero-order valence-corrected chi connectivity index (χ0v) is 23.6. The zero-order valence-electron chi connectivity index (χ0n) is 22.9. The third-order valence-corrected chi connectivity index (χ3v) is 8.45. The number of pyridine rings is 1. The molecule has 5 rings (SSSR count). The monoisotopic (exact) mass is 575 g/mol. The van der Waals surface area contributed by atoms with Crippen LogP contribution in [0.25, 0.3) is 11.3 Å². The van der Waals surface area contributed by atoms with Crippen LogP contribution in [-0.2, 0) is 4.79 Å². The highest BCUT2D eigenvalue weighted by Gasteiger charge is 2.46. The summed E-state index contributed by atoms with van der Waals surface area (Å²) in [5, 5.41) is 10.3. The smallest absolute Gasteiger partial charge is 0.261 e. The SMILES string of the molecule is C=CC(=O)N1CCN2C(=O)c3c(N4C[C@@H](N(C)C)CC4(C)C)nc(-c4c(F)ccc(F)c4O)c(Cl)c3OC[C@H]2C1. The van der Waals surface area contributed by atoms with Gasteiger partial charge in [-0.2, -0.15) is 0 Å². The molecule has 40 heavy (non-hydrogen) atoms. The van der Waals surface area contributed by atoms with Gasteiger partial charge in [0, 0.05) is 37.8 Å². The number of amides is 2. The highest BCUT2D eigenvalue weighted by atomic mass is 35.5. The van der Waals surface area contributed by atoms with Crippen LogP contribution in [0.4, 0.5) is 14.6 Å². The first-order chi connectivity index (χ1) is 18.9. The second kappa shape index (κ2) is 10.2. The number of rotatable bonds is 4. The number of halogens is 3. The number of aromatic nitrogens is 1. The fraction of sp³-hybridized carbons (Fsp3) is 0.464. The van der Waals surface area contributed by atoms with Crippen LogP contribution >= 0.6 is 11.6 Å². The van der Waals surface area contributed by atoms with Crippen LogP contribution in [0.1, 0.15) is 30.6 Å². The van der Waals surface area contributed by atoms with Crippen molar-refractivity contribution in [1.29, 1.82) is 0 Å². The Morgan fingerprint density at radius 2 is 1.93 bits per heavy atom. The van der Waals surface area contributed by atoms with E-state index in [4.69, 9.17) is 16.3 Å². The standard InChI is InChI=1S/C28H32ClF2N5O4/c1-6-19(37)34-9-10-35-16(12-34)14-40-25-21(27(35)39)26(36-13-15(33(4)5)11-28(36,2)3)32-23(22(25)29)20-17(30)7-8-18(31)24(20)38/h6-8,15-16,38H,1,9-14H2,2-5H3/t15-,16+/m0/s1. The molecule has 2 aromatic rings. The number of piperazine rings is 1. The van der Waals surface area contributed by atoms with Gasteiger partial charge in [0.15, 0.2) is 17.3 Å². The molecule has 1 N–H and O–H groups in total. The van der Waals surface area contributed by atoms with E-state index in [1.54, 1.807) is 9.80 Å². The molecule has 2 saturated heterocycles. The molecule has 0 unspecified atom stereocenters. The lowest BCUT2D eigenvalue weighted by molar-refractivity contribution is -0.128. The van der Waals surface area contributed by atoms with Crippen LogP contribution in [0.15, 0.2) is 24.8 Å². The topological polar surface area (TPSA) is 89.5 Å². The summed E-state index contributed by atoms with van der Waals surface area (Å²) in [6, 6.07) is 1.33. The molecule has 2 amide bonds. The maximum atomic E-state index is 15.1. The molecule has 2 atom stereocenters. The lowest BCUT2D eigenvalue weighted by Crippen LogP contribution is -2.57. The molecular weight excluding hydrogens is 544 g/mol. The Morgan fingerprint density at radius 3 is 2.58 bits per heavy atom. The molecule has 214 valence electrons. The van der Waals surface area contributed by atoms with Gasteiger partial charge in [0.2, 0.25) is 5.91 Å². The Hall–Kier alpha value is -3.44. The highest BCUT2D eigenvalue weighted by Crippen LogP contribution is 2.48. The summed E-state index contributed by atoms with van der Waals surface area (Å²) in [5.41, 5.74) is -1.12. The third kappa shape index (κ3) is 4.54. The number of anilines is 1. The van der Waals surface area contributed by atoms with Gasteiger partial charge in [-0.15, -0.1) is 0 Å². The number of phenols is 1. The number of carbonyl (C=O) groups excluding carboxylic acids is 2. The molecule has 9 nitrogen and oxygen atoms in total. The minimum Gasteiger partial charge on any atom is -0.504 e. The minimum absolute atomic E-state index is 0.00358. The van der Waals surface area contributed by atoms with Gasteiger partial charge in [-0.3, -0.25) is 9.59 Å². The van der Waals surface area contributed by atoms with Crippen LogP contribution in [0.5, 0.6) is 11.5 Å². The van der Waals surface area contributed by atoms with Gasteiger partial charge < -0.3 is 29.4 Å². The van der Waals surface area contributed by atoms with Gasteiger partial charge in [-0.1, -0.05) is 18.2 Å². The van der Waals surface area contributed by atoms with Crippen LogP contribution in [-0.4, -0.2) is 101 Å². The lowest BCUT2D eigenvalue weighted by Gasteiger charge is -2.40. The minimum atomic E-state index is -1.04. The van der Waals surface area contributed by atoms with E-state index in [0.717, 1.165) is 18.6 Å². The van der Waals surface area contributed by atoms with Crippen LogP contribution < -0.4 is 9.64 Å². The van der Waals surface area contributed by atoms with Gasteiger partial charge in [-0.25, -0.2) is 13.8 Å². The summed E-state index contributed by atoms with van der Waals surface area (Å²) in [5.74, 6) is -3.35. The van der Waals surface area contributed by atoms with E-state index >= 15 is 4.39 Å². The molecule has 4 heterocycles. The van der Waals surface area contributed by atoms with Crippen molar-refractivity contribution in [3.63, 3.8) is 0 Å². The zero-order chi connectivity index (χ0) is 29.1. The maximum Gasteiger partial charge on any atom is 0.261 e. The molecule has 1 aromatic heterocycles. The Labute approximate surface area is 236 Å². The number of hydrogen-bond acceptors (Lipinski definition) is 7. The normalized spacial score (nSPS) is 22.1. The summed E-state index contributed by atoms with van der Waals surface area (Å²) in [6.07, 6.45) is 1.97. The predicted molar refractivity (Wildman–Crippen MR) is 147 cm³/mol. The Balaban J connectivity index is 1.71. The van der Waals surface area contributed by atoms with Crippen molar-refractivity contribution < 1.29 is 28.2 Å². The summed E-state index contributed by atoms with van der Waals surface area (Å²) in [4.78, 5) is 38.5. The van der Waals surface area contributed by atoms with Crippen molar-refractivity contribution in [2.45, 2.75) is 37.9 Å². The molecular formula is C28H32ClF2N5O4. The van der Waals surface area contributed by atoms with Crippen LogP contribution in [0.2, 0.25) is 5.02 Å². The fourth-order valence-corrected chi connectivity index (χ4v) is 6.12. The molecule has 1 aromatic carbocycles. The molecule has 3 aliphatic rings. The van der Waals surface area contributed by atoms with Crippen LogP contribution in [0.3, 0.4) is 0 Å². The van der Waals surface area contributed by atoms with Crippen molar-refractivity contribution in [3.8, 4) is 22.8 Å². The molecule has 2 fully saturated rings. The number of aromatic hydroxyl groups is 1. The number of nitrogens with zero attached hydrogens (tertiary/aromatic N) is 5. The first-order valence-corrected chi connectivity index (χ1v) is 13.4. The maximum absolute atomic E-state index is 15.1. The number of likely N-dealkylation sites (N-methyl/N-ethyl adjacent to an activating group) is 1. The van der Waals surface area contributed by atoms with Gasteiger partial charge >= 0.3 is 0 Å². The molecule has 0 aliphatic carbocycles. The van der Waals surface area contributed by atoms with Gasteiger partial charge in [-0.05, 0) is 52.6 Å². The van der Waals surface area contributed by atoms with E-state index in [9.17, 15) is 19.1 Å². The second-order valence-corrected chi connectivity index (χ2v) is 11.6. The number of phenolic OH excluding ortho intramolecular Hbond substituents is 1. The molecule has 12 heteroatoms. The summed E-state index contributed by atoms with van der Waals surface area (Å²) < 4.78 is 35.7. The van der Waals surface area contributed by atoms with Crippen molar-refractivity contribution in [3.05, 3.63) is 47.0 Å². The van der Waals surface area contributed by atoms with Gasteiger partial charge in [0.25, 0.3) is 5.91 Å². The van der Waals surface area contributed by atoms with Gasteiger partial charge in [0.1, 0.15) is 34.5 Å². The molecule has 0 spiro atoms. The second-order valence-electron chi connectivity index (χ2n) is 11.3. The van der Waals surface area contributed by atoms with E-state index in [2.05, 4.69) is 16.5 Å². The van der Waals surface area contributed by atoms with E-state index in [1.807, 2.05) is 32.8 Å². The van der Waals surface area contributed by atoms with Crippen molar-refractivity contribution in [2.75, 3.05) is 51.8 Å². The first kappa shape index (κ1) is 28.1. The largest absolute Gasteiger partial charge is 0.504 e. The quantitative estimate of drug-likeness (QED) is 0.558. The Morgan fingerprint density at radius 1 is 1.23 bits per heavy atom. The first-order valence-electron chi connectivity index (χ1n) is 13.1. The average molecular weight is 576 g/mol. The fourth-order valence-electron chi connectivity index (χ4n) is 5.83. The number of carbonyl (C=O) groups is 2. The average Bonchev–Trinajstić information content (AvgIpc) is 3.16. The molecule has 0 radical (unpaired) electrons. The number of hydrogen-bond donors (Lipinski definition) is 1. The molecule has 0 bridgehead atoms. The summed E-state index contributed by atoms with van der Waals surface area (Å²) in [7, 11) is 3.93. The van der Waals surface area contributed by atoms with Crippen molar-refractivity contribution in [1.82, 2.24) is 19.7 Å². The third-order valence-electron chi connectivity index (χ3n) is 8.10. The van der Waals surface area contributed by atoms with Crippen molar-refractivity contribution in [2.24, 2.45) is 0 Å². The van der Waals surface area contributed by atoms with E-state index in [-0.39, 0.29) is 65.4 Å².